The van der Waals surface area contributed by atoms with E-state index in [4.69, 9.17) is 4.42 Å². The Morgan fingerprint density at radius 3 is 3.17 bits per heavy atom. The third-order valence-electron chi connectivity index (χ3n) is 3.00. The SMILES string of the molecule is CCNC(=O)C1CNCCN1Cc1ccc(Br)o1. The summed E-state index contributed by atoms with van der Waals surface area (Å²) in [4.78, 5) is 14.1. The van der Waals surface area contributed by atoms with E-state index in [1.165, 1.54) is 0 Å². The third-order valence-corrected chi connectivity index (χ3v) is 3.42. The zero-order chi connectivity index (χ0) is 13.0. The molecule has 1 aliphatic rings. The number of likely N-dealkylation sites (N-methyl/N-ethyl adjacent to an activating group) is 1. The highest BCUT2D eigenvalue weighted by atomic mass is 79.9. The van der Waals surface area contributed by atoms with E-state index >= 15 is 0 Å². The van der Waals surface area contributed by atoms with Crippen molar-refractivity contribution in [1.82, 2.24) is 15.5 Å². The van der Waals surface area contributed by atoms with Gasteiger partial charge in [0.2, 0.25) is 5.91 Å². The molecule has 0 radical (unpaired) electrons. The number of hydrogen-bond acceptors (Lipinski definition) is 4. The maximum atomic E-state index is 12.0. The summed E-state index contributed by atoms with van der Waals surface area (Å²) in [6.45, 7) is 5.69. The van der Waals surface area contributed by atoms with E-state index in [1.807, 2.05) is 19.1 Å². The fourth-order valence-electron chi connectivity index (χ4n) is 2.12. The summed E-state index contributed by atoms with van der Waals surface area (Å²) in [5.74, 6) is 0.952. The van der Waals surface area contributed by atoms with Crippen LogP contribution in [0.3, 0.4) is 0 Å². The number of furan rings is 1. The molecule has 1 unspecified atom stereocenters. The summed E-state index contributed by atoms with van der Waals surface area (Å²) in [6, 6.07) is 3.68. The van der Waals surface area contributed by atoms with Crippen LogP contribution in [-0.2, 0) is 11.3 Å². The number of hydrogen-bond donors (Lipinski definition) is 2. The average Bonchev–Trinajstić information content (AvgIpc) is 2.76. The molecule has 0 bridgehead atoms. The van der Waals surface area contributed by atoms with Gasteiger partial charge in [-0.05, 0) is 35.0 Å². The van der Waals surface area contributed by atoms with Crippen LogP contribution in [0, 0.1) is 0 Å². The first-order valence-electron chi connectivity index (χ1n) is 6.17. The summed E-state index contributed by atoms with van der Waals surface area (Å²) in [7, 11) is 0. The second kappa shape index (κ2) is 6.36. The Labute approximate surface area is 115 Å². The van der Waals surface area contributed by atoms with Gasteiger partial charge in [-0.15, -0.1) is 0 Å². The molecule has 1 amide bonds. The largest absolute Gasteiger partial charge is 0.453 e. The molecule has 100 valence electrons. The fraction of sp³-hybridized carbons (Fsp3) is 0.583. The second-order valence-corrected chi connectivity index (χ2v) is 5.07. The first kappa shape index (κ1) is 13.6. The van der Waals surface area contributed by atoms with Crippen molar-refractivity contribution in [3.8, 4) is 0 Å². The number of carbonyl (C=O) groups is 1. The van der Waals surface area contributed by atoms with Crippen LogP contribution in [0.5, 0.6) is 0 Å². The molecule has 1 fully saturated rings. The van der Waals surface area contributed by atoms with Gasteiger partial charge in [0, 0.05) is 26.2 Å². The molecule has 2 heterocycles. The van der Waals surface area contributed by atoms with Crippen molar-refractivity contribution in [2.75, 3.05) is 26.2 Å². The number of rotatable bonds is 4. The maximum Gasteiger partial charge on any atom is 0.238 e. The van der Waals surface area contributed by atoms with E-state index in [2.05, 4.69) is 31.5 Å². The van der Waals surface area contributed by atoms with Crippen molar-refractivity contribution in [1.29, 1.82) is 0 Å². The smallest absolute Gasteiger partial charge is 0.238 e. The zero-order valence-electron chi connectivity index (χ0n) is 10.4. The first-order valence-corrected chi connectivity index (χ1v) is 6.96. The quantitative estimate of drug-likeness (QED) is 0.868. The topological polar surface area (TPSA) is 57.5 Å². The van der Waals surface area contributed by atoms with E-state index in [0.29, 0.717) is 19.6 Å². The summed E-state index contributed by atoms with van der Waals surface area (Å²) >= 11 is 3.29. The van der Waals surface area contributed by atoms with E-state index in [9.17, 15) is 4.79 Å². The molecule has 1 aromatic rings. The van der Waals surface area contributed by atoms with Gasteiger partial charge in [-0.2, -0.15) is 0 Å². The Bertz CT molecular complexity index is 408. The normalized spacial score (nSPS) is 20.9. The van der Waals surface area contributed by atoms with Gasteiger partial charge in [-0.3, -0.25) is 9.69 Å². The lowest BCUT2D eigenvalue weighted by Gasteiger charge is -2.34. The minimum Gasteiger partial charge on any atom is -0.453 e. The molecule has 5 nitrogen and oxygen atoms in total. The Balaban J connectivity index is 2.01. The molecular formula is C12H18BrN3O2. The summed E-state index contributed by atoms with van der Waals surface area (Å²) in [5.41, 5.74) is 0. The van der Waals surface area contributed by atoms with Crippen molar-refractivity contribution in [3.63, 3.8) is 0 Å². The monoisotopic (exact) mass is 315 g/mol. The van der Waals surface area contributed by atoms with Gasteiger partial charge >= 0.3 is 0 Å². The third kappa shape index (κ3) is 3.34. The van der Waals surface area contributed by atoms with Gasteiger partial charge in [-0.1, -0.05) is 0 Å². The highest BCUT2D eigenvalue weighted by Crippen LogP contribution is 2.17. The lowest BCUT2D eigenvalue weighted by molar-refractivity contribution is -0.127. The fourth-order valence-corrected chi connectivity index (χ4v) is 2.46. The number of nitrogens with zero attached hydrogens (tertiary/aromatic N) is 1. The van der Waals surface area contributed by atoms with Gasteiger partial charge < -0.3 is 15.1 Å². The minimum absolute atomic E-state index is 0.0790. The molecule has 2 N–H and O–H groups in total. The van der Waals surface area contributed by atoms with Crippen molar-refractivity contribution in [2.24, 2.45) is 0 Å². The molecule has 1 atom stereocenters. The first-order chi connectivity index (χ1) is 8.70. The molecule has 0 aromatic carbocycles. The maximum absolute atomic E-state index is 12.0. The predicted octanol–water partition coefficient (Wildman–Crippen LogP) is 0.952. The second-order valence-electron chi connectivity index (χ2n) is 4.29. The van der Waals surface area contributed by atoms with E-state index in [-0.39, 0.29) is 11.9 Å². The predicted molar refractivity (Wildman–Crippen MR) is 72.2 cm³/mol. The van der Waals surface area contributed by atoms with Gasteiger partial charge in [0.1, 0.15) is 11.8 Å². The summed E-state index contributed by atoms with van der Waals surface area (Å²) < 4.78 is 6.22. The lowest BCUT2D eigenvalue weighted by atomic mass is 10.1. The Hall–Kier alpha value is -0.850. The average molecular weight is 316 g/mol. The molecule has 18 heavy (non-hydrogen) atoms. The van der Waals surface area contributed by atoms with Gasteiger partial charge in [0.05, 0.1) is 6.54 Å². The van der Waals surface area contributed by atoms with Crippen molar-refractivity contribution < 1.29 is 9.21 Å². The van der Waals surface area contributed by atoms with Gasteiger partial charge in [-0.25, -0.2) is 0 Å². The highest BCUT2D eigenvalue weighted by molar-refractivity contribution is 9.10. The molecule has 1 aromatic heterocycles. The molecule has 2 rings (SSSR count). The molecule has 6 heteroatoms. The molecule has 0 saturated carbocycles. The highest BCUT2D eigenvalue weighted by Gasteiger charge is 2.28. The molecular weight excluding hydrogens is 298 g/mol. The lowest BCUT2D eigenvalue weighted by Crippen LogP contribution is -2.57. The zero-order valence-corrected chi connectivity index (χ0v) is 12.0. The number of carbonyl (C=O) groups excluding carboxylic acids is 1. The van der Waals surface area contributed by atoms with E-state index in [0.717, 1.165) is 23.5 Å². The standard InChI is InChI=1S/C12H18BrN3O2/c1-2-15-12(17)10-7-14-5-6-16(10)8-9-3-4-11(13)18-9/h3-4,10,14H,2,5-8H2,1H3,(H,15,17). The Kier molecular flexibility index (Phi) is 4.79. The number of nitrogens with one attached hydrogen (secondary N) is 2. The van der Waals surface area contributed by atoms with E-state index < -0.39 is 0 Å². The molecule has 0 spiro atoms. The van der Waals surface area contributed by atoms with Crippen LogP contribution in [0.15, 0.2) is 21.2 Å². The Morgan fingerprint density at radius 2 is 2.50 bits per heavy atom. The van der Waals surface area contributed by atoms with Crippen LogP contribution < -0.4 is 10.6 Å². The van der Waals surface area contributed by atoms with Crippen LogP contribution in [0.4, 0.5) is 0 Å². The minimum atomic E-state index is -0.123. The van der Waals surface area contributed by atoms with Crippen LogP contribution in [0.2, 0.25) is 0 Å². The summed E-state index contributed by atoms with van der Waals surface area (Å²) in [5, 5.41) is 6.13. The Morgan fingerprint density at radius 1 is 1.67 bits per heavy atom. The van der Waals surface area contributed by atoms with E-state index in [1.54, 1.807) is 0 Å². The van der Waals surface area contributed by atoms with Crippen molar-refractivity contribution in [2.45, 2.75) is 19.5 Å². The van der Waals surface area contributed by atoms with Crippen LogP contribution in [0.1, 0.15) is 12.7 Å². The van der Waals surface area contributed by atoms with Crippen molar-refractivity contribution in [3.05, 3.63) is 22.6 Å². The molecule has 1 aliphatic heterocycles. The molecule has 0 aliphatic carbocycles. The summed E-state index contributed by atoms with van der Waals surface area (Å²) in [6.07, 6.45) is 0. The number of halogens is 1. The van der Waals surface area contributed by atoms with Gasteiger partial charge in [0.25, 0.3) is 0 Å². The van der Waals surface area contributed by atoms with Crippen molar-refractivity contribution >= 4 is 21.8 Å². The number of piperazine rings is 1. The van der Waals surface area contributed by atoms with Gasteiger partial charge in [0.15, 0.2) is 4.67 Å². The van der Waals surface area contributed by atoms with Crippen LogP contribution in [0.25, 0.3) is 0 Å². The van der Waals surface area contributed by atoms with Crippen LogP contribution in [-0.4, -0.2) is 43.0 Å². The van der Waals surface area contributed by atoms with Crippen LogP contribution >= 0.6 is 15.9 Å². The number of amides is 1. The molecule has 1 saturated heterocycles.